The van der Waals surface area contributed by atoms with E-state index >= 15 is 0 Å². The van der Waals surface area contributed by atoms with Crippen LogP contribution in [0.3, 0.4) is 0 Å². The van der Waals surface area contributed by atoms with Gasteiger partial charge in [-0.1, -0.05) is 48.0 Å². The first-order valence-electron chi connectivity index (χ1n) is 11.7. The van der Waals surface area contributed by atoms with Crippen LogP contribution in [-0.2, 0) is 27.1 Å². The number of carbonyl (C=O) groups excluding carboxylic acids is 1. The molecular weight excluding hydrogens is 422 g/mol. The number of hydrogen-bond acceptors (Lipinski definition) is 4. The maximum atomic E-state index is 12.1. The van der Waals surface area contributed by atoms with Crippen molar-refractivity contribution in [3.8, 4) is 0 Å². The van der Waals surface area contributed by atoms with E-state index in [-0.39, 0.29) is 11.9 Å². The third-order valence-electron chi connectivity index (χ3n) is 6.42. The fourth-order valence-electron chi connectivity index (χ4n) is 4.78. The van der Waals surface area contributed by atoms with E-state index in [4.69, 9.17) is 21.1 Å². The van der Waals surface area contributed by atoms with Crippen LogP contribution < -0.4 is 0 Å². The van der Waals surface area contributed by atoms with E-state index in [0.717, 1.165) is 50.3 Å². The van der Waals surface area contributed by atoms with Crippen molar-refractivity contribution >= 4 is 23.1 Å². The molecule has 0 amide bonds. The van der Waals surface area contributed by atoms with E-state index in [1.54, 1.807) is 0 Å². The number of piperidine rings is 1. The Bertz CT molecular complexity index is 971. The lowest BCUT2D eigenvalue weighted by molar-refractivity contribution is -0.150. The maximum Gasteiger partial charge on any atom is 0.310 e. The first-order valence-corrected chi connectivity index (χ1v) is 12.1. The number of rotatable bonds is 7. The molecule has 2 aromatic carbocycles. The molecule has 1 fully saturated rings. The first-order chi connectivity index (χ1) is 15.7. The van der Waals surface area contributed by atoms with E-state index in [9.17, 15) is 4.79 Å². The molecule has 1 aliphatic heterocycles. The van der Waals surface area contributed by atoms with Gasteiger partial charge in [-0.2, -0.15) is 0 Å². The molecule has 0 aromatic heterocycles. The highest BCUT2D eigenvalue weighted by Gasteiger charge is 2.26. The minimum absolute atomic E-state index is 0.00504. The van der Waals surface area contributed by atoms with Gasteiger partial charge in [0, 0.05) is 18.1 Å². The summed E-state index contributed by atoms with van der Waals surface area (Å²) in [6.45, 7) is 6.11. The smallest absolute Gasteiger partial charge is 0.310 e. The summed E-state index contributed by atoms with van der Waals surface area (Å²) in [5.41, 5.74) is 6.38. The van der Waals surface area contributed by atoms with Crippen molar-refractivity contribution in [3.63, 3.8) is 0 Å². The molecule has 170 valence electrons. The van der Waals surface area contributed by atoms with Gasteiger partial charge in [0.2, 0.25) is 0 Å². The zero-order chi connectivity index (χ0) is 22.3. The quantitative estimate of drug-likeness (QED) is 0.428. The van der Waals surface area contributed by atoms with Crippen LogP contribution in [0.1, 0.15) is 42.0 Å². The minimum Gasteiger partial charge on any atom is -0.466 e. The highest BCUT2D eigenvalue weighted by atomic mass is 35.5. The van der Waals surface area contributed by atoms with Gasteiger partial charge in [0.25, 0.3) is 0 Å². The van der Waals surface area contributed by atoms with E-state index < -0.39 is 0 Å². The zero-order valence-electron chi connectivity index (χ0n) is 18.8. The number of ether oxygens (including phenoxy) is 2. The molecule has 0 radical (unpaired) electrons. The van der Waals surface area contributed by atoms with Crippen LogP contribution in [0.15, 0.2) is 48.5 Å². The van der Waals surface area contributed by atoms with Crippen molar-refractivity contribution in [1.29, 1.82) is 0 Å². The van der Waals surface area contributed by atoms with Gasteiger partial charge in [0.1, 0.15) is 0 Å². The lowest BCUT2D eigenvalue weighted by Gasteiger charge is -2.31. The van der Waals surface area contributed by atoms with Crippen molar-refractivity contribution in [2.24, 2.45) is 5.92 Å². The maximum absolute atomic E-state index is 12.1. The average molecular weight is 454 g/mol. The number of esters is 1. The average Bonchev–Trinajstić information content (AvgIpc) is 2.96. The van der Waals surface area contributed by atoms with Crippen LogP contribution >= 0.6 is 11.6 Å². The van der Waals surface area contributed by atoms with Crippen molar-refractivity contribution < 1.29 is 14.3 Å². The molecule has 4 nitrogen and oxygen atoms in total. The molecule has 1 atom stereocenters. The lowest BCUT2D eigenvalue weighted by atomic mass is 9.94. The molecule has 4 rings (SSSR count). The summed E-state index contributed by atoms with van der Waals surface area (Å²) in [6.07, 6.45) is 6.18. The van der Waals surface area contributed by atoms with E-state index in [1.807, 2.05) is 13.0 Å². The molecule has 0 saturated carbocycles. The molecule has 2 aliphatic rings. The molecular formula is C27H32ClNO3. The van der Waals surface area contributed by atoms with Gasteiger partial charge in [0.05, 0.1) is 25.7 Å². The van der Waals surface area contributed by atoms with Gasteiger partial charge in [0.15, 0.2) is 0 Å². The monoisotopic (exact) mass is 453 g/mol. The SMILES string of the molecule is CCOC(=O)[C@@H]1CCCN(CCOC/C=C2\c3ccccc3CCc3ccc(Cl)cc32)C1. The van der Waals surface area contributed by atoms with E-state index in [2.05, 4.69) is 47.4 Å². The number of hydrogen-bond donors (Lipinski definition) is 0. The largest absolute Gasteiger partial charge is 0.466 e. The van der Waals surface area contributed by atoms with Gasteiger partial charge < -0.3 is 14.4 Å². The predicted molar refractivity (Wildman–Crippen MR) is 129 cm³/mol. The molecule has 0 N–H and O–H groups in total. The Balaban J connectivity index is 1.38. The van der Waals surface area contributed by atoms with Gasteiger partial charge in [-0.3, -0.25) is 4.79 Å². The lowest BCUT2D eigenvalue weighted by Crippen LogP contribution is -2.40. The third kappa shape index (κ3) is 5.61. The minimum atomic E-state index is -0.0628. The van der Waals surface area contributed by atoms with E-state index in [1.165, 1.54) is 27.8 Å². The molecule has 2 aromatic rings. The topological polar surface area (TPSA) is 38.8 Å². The summed E-state index contributed by atoms with van der Waals surface area (Å²) < 4.78 is 11.2. The summed E-state index contributed by atoms with van der Waals surface area (Å²) in [7, 11) is 0. The molecule has 1 saturated heterocycles. The highest BCUT2D eigenvalue weighted by Crippen LogP contribution is 2.34. The Morgan fingerprint density at radius 3 is 2.81 bits per heavy atom. The van der Waals surface area contributed by atoms with Crippen LogP contribution in [0.2, 0.25) is 5.02 Å². The van der Waals surface area contributed by atoms with Gasteiger partial charge in [-0.15, -0.1) is 0 Å². The summed E-state index contributed by atoms with van der Waals surface area (Å²) in [5, 5.41) is 0.760. The standard InChI is InChI=1S/C27H32ClNO3/c1-2-32-27(30)22-7-5-14-29(19-22)15-17-31-16-13-25-24-8-4-3-6-20(24)9-10-21-11-12-23(28)18-26(21)25/h3-4,6,8,11-13,18,22H,2,5,7,9-10,14-17,19H2,1H3/b25-13+/t22-/m1/s1. The van der Waals surface area contributed by atoms with Crippen molar-refractivity contribution in [3.05, 3.63) is 75.8 Å². The Morgan fingerprint density at radius 2 is 1.97 bits per heavy atom. The molecule has 32 heavy (non-hydrogen) atoms. The number of fused-ring (bicyclic) bond motifs is 2. The van der Waals surface area contributed by atoms with Crippen LogP contribution in [-0.4, -0.2) is 50.3 Å². The predicted octanol–water partition coefficient (Wildman–Crippen LogP) is 5.16. The number of aryl methyl sites for hydroxylation is 2. The van der Waals surface area contributed by atoms with Gasteiger partial charge in [-0.05, 0) is 79.1 Å². The number of likely N-dealkylation sites (tertiary alicyclic amines) is 1. The highest BCUT2D eigenvalue weighted by molar-refractivity contribution is 6.30. The van der Waals surface area contributed by atoms with Crippen LogP contribution in [0.4, 0.5) is 0 Å². The summed E-state index contributed by atoms with van der Waals surface area (Å²) in [6, 6.07) is 14.8. The summed E-state index contributed by atoms with van der Waals surface area (Å²) in [4.78, 5) is 14.4. The van der Waals surface area contributed by atoms with Crippen LogP contribution in [0.25, 0.3) is 5.57 Å². The third-order valence-corrected chi connectivity index (χ3v) is 6.65. The second kappa shape index (κ2) is 11.1. The molecule has 0 spiro atoms. The van der Waals surface area contributed by atoms with Crippen molar-refractivity contribution in [2.75, 3.05) is 39.5 Å². The number of carbonyl (C=O) groups is 1. The second-order valence-corrected chi connectivity index (χ2v) is 8.98. The second-order valence-electron chi connectivity index (χ2n) is 8.54. The first kappa shape index (κ1) is 23.0. The molecule has 0 unspecified atom stereocenters. The molecule has 5 heteroatoms. The number of nitrogens with zero attached hydrogens (tertiary/aromatic N) is 1. The normalized spacial score (nSPS) is 19.8. The van der Waals surface area contributed by atoms with Crippen molar-refractivity contribution in [1.82, 2.24) is 4.90 Å². The Kier molecular flexibility index (Phi) is 8.01. The molecule has 1 aliphatic carbocycles. The fraction of sp³-hybridized carbons (Fsp3) is 0.444. The Hall–Kier alpha value is -2.14. The van der Waals surface area contributed by atoms with Crippen LogP contribution in [0.5, 0.6) is 0 Å². The van der Waals surface area contributed by atoms with Gasteiger partial charge >= 0.3 is 5.97 Å². The van der Waals surface area contributed by atoms with E-state index in [0.29, 0.717) is 19.8 Å². The summed E-state index contributed by atoms with van der Waals surface area (Å²) >= 11 is 6.35. The Labute approximate surface area is 196 Å². The molecule has 0 bridgehead atoms. The number of halogens is 1. The molecule has 1 heterocycles. The number of benzene rings is 2. The van der Waals surface area contributed by atoms with Crippen LogP contribution in [0, 0.1) is 5.92 Å². The van der Waals surface area contributed by atoms with Crippen molar-refractivity contribution in [2.45, 2.75) is 32.6 Å². The zero-order valence-corrected chi connectivity index (χ0v) is 19.6. The fourth-order valence-corrected chi connectivity index (χ4v) is 4.96. The Morgan fingerprint density at radius 1 is 1.16 bits per heavy atom. The summed E-state index contributed by atoms with van der Waals surface area (Å²) in [5.74, 6) is -0.0678. The van der Waals surface area contributed by atoms with Gasteiger partial charge in [-0.25, -0.2) is 0 Å².